The summed E-state index contributed by atoms with van der Waals surface area (Å²) in [7, 11) is 0. The lowest BCUT2D eigenvalue weighted by Crippen LogP contribution is -2.15. The number of pyridine rings is 1. The van der Waals surface area contributed by atoms with E-state index in [4.69, 9.17) is 16.0 Å². The fourth-order valence-corrected chi connectivity index (χ4v) is 1.52. The normalized spacial score (nSPS) is 10.4. The largest absolute Gasteiger partial charge is 0.397 e. The third-order valence-electron chi connectivity index (χ3n) is 2.42. The van der Waals surface area contributed by atoms with Gasteiger partial charge in [0, 0.05) is 19.9 Å². The van der Waals surface area contributed by atoms with Crippen molar-refractivity contribution in [2.45, 2.75) is 13.3 Å². The average Bonchev–Trinajstić information content (AvgIpc) is 2.77. The maximum atomic E-state index is 11.1. The lowest BCUT2D eigenvalue weighted by molar-refractivity contribution is 0.100. The molecule has 5 N–H and O–H groups in total. The summed E-state index contributed by atoms with van der Waals surface area (Å²) in [5, 5.41) is 6.79. The van der Waals surface area contributed by atoms with Crippen LogP contribution in [-0.2, 0) is 6.42 Å². The highest BCUT2D eigenvalue weighted by molar-refractivity contribution is 5.98. The molecular formula is C11H14N6O2. The first-order valence-electron chi connectivity index (χ1n) is 5.64. The number of aryl methyl sites for hydroxylation is 1. The number of nitrogens with zero attached hydrogens (tertiary/aromatic N) is 3. The molecule has 0 aromatic carbocycles. The molecule has 0 saturated heterocycles. The fourth-order valence-electron chi connectivity index (χ4n) is 1.52. The standard InChI is InChI=1S/C11H14N6O2/c1-6-16-9(17-19-6)2-3-14-10-4-7(11(13)18)8(12)5-15-10/h4-5H,2-3,12H2,1H3,(H2,13,18)(H,14,15). The van der Waals surface area contributed by atoms with E-state index < -0.39 is 5.91 Å². The third kappa shape index (κ3) is 3.18. The van der Waals surface area contributed by atoms with Crippen molar-refractivity contribution in [1.82, 2.24) is 15.1 Å². The van der Waals surface area contributed by atoms with Gasteiger partial charge < -0.3 is 21.3 Å². The van der Waals surface area contributed by atoms with Crippen LogP contribution >= 0.6 is 0 Å². The van der Waals surface area contributed by atoms with Crippen LogP contribution in [0.4, 0.5) is 11.5 Å². The fraction of sp³-hybridized carbons (Fsp3) is 0.273. The van der Waals surface area contributed by atoms with Gasteiger partial charge in [0.2, 0.25) is 5.89 Å². The predicted octanol–water partition coefficient (Wildman–Crippen LogP) is 0.109. The number of rotatable bonds is 5. The number of hydrogen-bond donors (Lipinski definition) is 3. The van der Waals surface area contributed by atoms with E-state index in [1.807, 2.05) is 0 Å². The van der Waals surface area contributed by atoms with Crippen molar-refractivity contribution in [1.29, 1.82) is 0 Å². The van der Waals surface area contributed by atoms with E-state index in [0.717, 1.165) is 0 Å². The van der Waals surface area contributed by atoms with Gasteiger partial charge in [0.05, 0.1) is 17.4 Å². The van der Waals surface area contributed by atoms with Crippen molar-refractivity contribution in [3.63, 3.8) is 0 Å². The van der Waals surface area contributed by atoms with Crippen molar-refractivity contribution in [3.8, 4) is 0 Å². The first-order valence-corrected chi connectivity index (χ1v) is 5.64. The van der Waals surface area contributed by atoms with Gasteiger partial charge >= 0.3 is 0 Å². The van der Waals surface area contributed by atoms with Crippen LogP contribution < -0.4 is 16.8 Å². The van der Waals surface area contributed by atoms with Crippen molar-refractivity contribution < 1.29 is 9.32 Å². The summed E-state index contributed by atoms with van der Waals surface area (Å²) >= 11 is 0. The van der Waals surface area contributed by atoms with Crippen LogP contribution in [0.1, 0.15) is 22.1 Å². The molecule has 2 aromatic heterocycles. The van der Waals surface area contributed by atoms with Gasteiger partial charge in [-0.1, -0.05) is 5.16 Å². The quantitative estimate of drug-likeness (QED) is 0.696. The number of anilines is 2. The van der Waals surface area contributed by atoms with Gasteiger partial charge in [0.15, 0.2) is 5.82 Å². The zero-order chi connectivity index (χ0) is 13.8. The van der Waals surface area contributed by atoms with Crippen molar-refractivity contribution in [3.05, 3.63) is 29.5 Å². The molecule has 0 saturated carbocycles. The van der Waals surface area contributed by atoms with Gasteiger partial charge in [-0.2, -0.15) is 4.98 Å². The predicted molar refractivity (Wildman–Crippen MR) is 68.4 cm³/mol. The highest BCUT2D eigenvalue weighted by atomic mass is 16.5. The summed E-state index contributed by atoms with van der Waals surface area (Å²) < 4.78 is 4.85. The monoisotopic (exact) mass is 262 g/mol. The van der Waals surface area contributed by atoms with E-state index in [1.165, 1.54) is 12.3 Å². The van der Waals surface area contributed by atoms with Gasteiger partial charge in [-0.25, -0.2) is 4.98 Å². The number of nitrogen functional groups attached to an aromatic ring is 1. The molecule has 0 spiro atoms. The molecular weight excluding hydrogens is 248 g/mol. The second-order valence-corrected chi connectivity index (χ2v) is 3.93. The molecule has 19 heavy (non-hydrogen) atoms. The van der Waals surface area contributed by atoms with Crippen LogP contribution in [0.2, 0.25) is 0 Å². The van der Waals surface area contributed by atoms with E-state index in [0.29, 0.717) is 30.5 Å². The summed E-state index contributed by atoms with van der Waals surface area (Å²) in [5.74, 6) is 1.06. The molecule has 8 heteroatoms. The Hall–Kier alpha value is -2.64. The number of aromatic nitrogens is 3. The Morgan fingerprint density at radius 2 is 2.32 bits per heavy atom. The van der Waals surface area contributed by atoms with Gasteiger partial charge in [-0.05, 0) is 6.07 Å². The van der Waals surface area contributed by atoms with Gasteiger partial charge in [0.1, 0.15) is 5.82 Å². The van der Waals surface area contributed by atoms with Crippen molar-refractivity contribution >= 4 is 17.4 Å². The zero-order valence-electron chi connectivity index (χ0n) is 10.4. The Morgan fingerprint density at radius 3 is 2.95 bits per heavy atom. The van der Waals surface area contributed by atoms with Gasteiger partial charge in [-0.3, -0.25) is 4.79 Å². The van der Waals surface area contributed by atoms with Gasteiger partial charge in [-0.15, -0.1) is 0 Å². The second-order valence-electron chi connectivity index (χ2n) is 3.93. The Balaban J connectivity index is 1.96. The minimum absolute atomic E-state index is 0.243. The Bertz CT molecular complexity index is 595. The topological polar surface area (TPSA) is 133 Å². The molecule has 100 valence electrons. The summed E-state index contributed by atoms with van der Waals surface area (Å²) in [5.41, 5.74) is 11.3. The number of carbonyl (C=O) groups excluding carboxylic acids is 1. The molecule has 0 fully saturated rings. The number of nitrogens with two attached hydrogens (primary N) is 2. The van der Waals surface area contributed by atoms with Crippen LogP contribution in [0.5, 0.6) is 0 Å². The van der Waals surface area contributed by atoms with Crippen LogP contribution in [0.3, 0.4) is 0 Å². The summed E-state index contributed by atoms with van der Waals surface area (Å²) in [6, 6.07) is 1.51. The minimum Gasteiger partial charge on any atom is -0.397 e. The molecule has 8 nitrogen and oxygen atoms in total. The maximum Gasteiger partial charge on any atom is 0.250 e. The Labute approximate surface area is 109 Å². The molecule has 2 heterocycles. The lowest BCUT2D eigenvalue weighted by atomic mass is 10.2. The first kappa shape index (κ1) is 12.8. The number of carbonyl (C=O) groups is 1. The van der Waals surface area contributed by atoms with Crippen LogP contribution in [-0.4, -0.2) is 27.6 Å². The molecule has 0 aliphatic carbocycles. The lowest BCUT2D eigenvalue weighted by Gasteiger charge is -2.06. The Morgan fingerprint density at radius 1 is 1.53 bits per heavy atom. The van der Waals surface area contributed by atoms with Crippen LogP contribution in [0.25, 0.3) is 0 Å². The highest BCUT2D eigenvalue weighted by Crippen LogP contribution is 2.13. The smallest absolute Gasteiger partial charge is 0.250 e. The highest BCUT2D eigenvalue weighted by Gasteiger charge is 2.08. The first-order chi connectivity index (χ1) is 9.06. The van der Waals surface area contributed by atoms with E-state index >= 15 is 0 Å². The molecule has 1 amide bonds. The molecule has 0 radical (unpaired) electrons. The number of primary amides is 1. The summed E-state index contributed by atoms with van der Waals surface area (Å²) in [6.07, 6.45) is 1.97. The molecule has 0 aliphatic rings. The maximum absolute atomic E-state index is 11.1. The number of nitrogens with one attached hydrogen (secondary N) is 1. The molecule has 0 unspecified atom stereocenters. The zero-order valence-corrected chi connectivity index (χ0v) is 10.4. The molecule has 2 aromatic rings. The number of amides is 1. The summed E-state index contributed by atoms with van der Waals surface area (Å²) in [4.78, 5) is 19.2. The van der Waals surface area contributed by atoms with Gasteiger partial charge in [0.25, 0.3) is 5.91 Å². The number of hydrogen-bond acceptors (Lipinski definition) is 7. The molecule has 2 rings (SSSR count). The van der Waals surface area contributed by atoms with Crippen molar-refractivity contribution in [2.75, 3.05) is 17.6 Å². The Kier molecular flexibility index (Phi) is 3.60. The second kappa shape index (κ2) is 5.34. The average molecular weight is 262 g/mol. The van der Waals surface area contributed by atoms with E-state index in [-0.39, 0.29) is 11.3 Å². The summed E-state index contributed by atoms with van der Waals surface area (Å²) in [6.45, 7) is 2.28. The molecule has 0 bridgehead atoms. The van der Waals surface area contributed by atoms with E-state index in [1.54, 1.807) is 6.92 Å². The minimum atomic E-state index is -0.586. The molecule has 0 aliphatic heterocycles. The van der Waals surface area contributed by atoms with Crippen LogP contribution in [0.15, 0.2) is 16.8 Å². The van der Waals surface area contributed by atoms with Crippen molar-refractivity contribution in [2.24, 2.45) is 5.73 Å². The third-order valence-corrected chi connectivity index (χ3v) is 2.42. The van der Waals surface area contributed by atoms with E-state index in [9.17, 15) is 4.79 Å². The van der Waals surface area contributed by atoms with Crippen LogP contribution in [0, 0.1) is 6.92 Å². The molecule has 0 atom stereocenters. The SMILES string of the molecule is Cc1nc(CCNc2cc(C(N)=O)c(N)cn2)no1. The van der Waals surface area contributed by atoms with E-state index in [2.05, 4.69) is 20.4 Å².